The summed E-state index contributed by atoms with van der Waals surface area (Å²) in [6, 6.07) is 15.9. The topological polar surface area (TPSA) is 161 Å². The minimum absolute atomic E-state index is 0.0853. The molecule has 11 nitrogen and oxygen atoms in total. The van der Waals surface area contributed by atoms with Crippen molar-refractivity contribution in [2.45, 2.75) is 36.9 Å². The molecule has 5 rings (SSSR count). The molecule has 2 aliphatic rings. The van der Waals surface area contributed by atoms with Gasteiger partial charge in [-0.05, 0) is 53.8 Å². The van der Waals surface area contributed by atoms with Crippen molar-refractivity contribution < 1.29 is 23.9 Å². The molecule has 0 fully saturated rings. The number of carbonyl (C=O) groups is 3. The average Bonchev–Trinajstić information content (AvgIpc) is 3.47. The largest absolute Gasteiger partial charge is 0.497 e. The average molecular weight is 631 g/mol. The van der Waals surface area contributed by atoms with Crippen molar-refractivity contribution in [1.29, 1.82) is 5.26 Å². The van der Waals surface area contributed by atoms with Gasteiger partial charge in [0.15, 0.2) is 10.1 Å². The fraction of sp³-hybridized carbons (Fsp3) is 0.290. The highest BCUT2D eigenvalue weighted by Gasteiger charge is 2.45. The number of nitrogens with one attached hydrogen (secondary N) is 1. The van der Waals surface area contributed by atoms with Crippen LogP contribution in [0, 0.1) is 16.7 Å². The molecule has 226 valence electrons. The summed E-state index contributed by atoms with van der Waals surface area (Å²) in [6.45, 7) is 4.02. The smallest absolute Gasteiger partial charge is 0.337 e. The van der Waals surface area contributed by atoms with Crippen LogP contribution in [0.3, 0.4) is 0 Å². The highest BCUT2D eigenvalue weighted by molar-refractivity contribution is 8.01. The van der Waals surface area contributed by atoms with Crippen LogP contribution in [0.25, 0.3) is 0 Å². The molecule has 3 N–H and O–H groups in total. The Bertz CT molecular complexity index is 1720. The maximum atomic E-state index is 13.7. The fourth-order valence-corrected chi connectivity index (χ4v) is 7.02. The molecule has 0 saturated carbocycles. The summed E-state index contributed by atoms with van der Waals surface area (Å²) in [6.07, 6.45) is 0.812. The quantitative estimate of drug-likeness (QED) is 0.254. The molecule has 13 heteroatoms. The number of carbonyl (C=O) groups excluding carboxylic acids is 3. The Kier molecular flexibility index (Phi) is 8.75. The van der Waals surface area contributed by atoms with Crippen molar-refractivity contribution in [3.63, 3.8) is 0 Å². The summed E-state index contributed by atoms with van der Waals surface area (Å²) in [5.74, 6) is -0.550. The zero-order valence-electron chi connectivity index (χ0n) is 24.5. The number of nitriles is 1. The highest BCUT2D eigenvalue weighted by Crippen LogP contribution is 2.50. The molecule has 1 aliphatic heterocycles. The molecule has 3 aromatic rings. The number of amides is 1. The first-order valence-corrected chi connectivity index (χ1v) is 15.4. The van der Waals surface area contributed by atoms with E-state index < -0.39 is 11.9 Å². The number of anilines is 2. The predicted molar refractivity (Wildman–Crippen MR) is 167 cm³/mol. The van der Waals surface area contributed by atoms with Crippen LogP contribution in [0.15, 0.2) is 75.5 Å². The number of nitrogens with zero attached hydrogens (tertiary/aromatic N) is 4. The lowest BCUT2D eigenvalue weighted by Gasteiger charge is -2.42. The number of Topliss-reactive ketones (excluding diaryl/α,β-unsaturated/α-hetero) is 1. The van der Waals surface area contributed by atoms with Gasteiger partial charge in [-0.1, -0.05) is 49.1 Å². The number of ether oxygens (including phenoxy) is 2. The van der Waals surface area contributed by atoms with Crippen molar-refractivity contribution in [2.75, 3.05) is 30.2 Å². The second-order valence-corrected chi connectivity index (χ2v) is 13.2. The molecule has 2 heterocycles. The van der Waals surface area contributed by atoms with Crippen LogP contribution in [0.1, 0.15) is 48.5 Å². The van der Waals surface area contributed by atoms with Gasteiger partial charge in [-0.2, -0.15) is 5.26 Å². The first-order chi connectivity index (χ1) is 21.0. The maximum Gasteiger partial charge on any atom is 0.337 e. The second kappa shape index (κ2) is 12.5. The molecular formula is C31H30N6O5S2. The Balaban J connectivity index is 1.44. The number of rotatable bonds is 8. The van der Waals surface area contributed by atoms with Crippen LogP contribution in [-0.2, 0) is 14.3 Å². The van der Waals surface area contributed by atoms with E-state index in [0.717, 1.165) is 0 Å². The third-order valence-electron chi connectivity index (χ3n) is 7.33. The maximum absolute atomic E-state index is 13.7. The number of hydrogen-bond acceptors (Lipinski definition) is 12. The van der Waals surface area contributed by atoms with E-state index in [1.54, 1.807) is 60.5 Å². The molecule has 1 aromatic heterocycles. The van der Waals surface area contributed by atoms with Crippen LogP contribution in [0.2, 0.25) is 0 Å². The number of nitrogens with two attached hydrogens (primary N) is 1. The SMILES string of the molecule is COC(=O)c1ccc(C2C(C#N)=C(N)N(c3nnc(SCC(=O)Nc4ccc(OC)cc4)s3)C3=C2C(=O)CC(C)(C)C3)cc1. The van der Waals surface area contributed by atoms with Crippen molar-refractivity contribution >= 4 is 51.6 Å². The number of ketones is 1. The number of benzene rings is 2. The summed E-state index contributed by atoms with van der Waals surface area (Å²) >= 11 is 2.44. The molecule has 0 radical (unpaired) electrons. The summed E-state index contributed by atoms with van der Waals surface area (Å²) in [4.78, 5) is 40.0. The van der Waals surface area contributed by atoms with Crippen molar-refractivity contribution in [2.24, 2.45) is 11.1 Å². The number of hydrogen-bond donors (Lipinski definition) is 2. The third-order valence-corrected chi connectivity index (χ3v) is 9.38. The summed E-state index contributed by atoms with van der Waals surface area (Å²) in [7, 11) is 2.88. The third kappa shape index (κ3) is 6.17. The van der Waals surface area contributed by atoms with Gasteiger partial charge in [0.1, 0.15) is 11.6 Å². The van der Waals surface area contributed by atoms with Gasteiger partial charge in [0.25, 0.3) is 0 Å². The van der Waals surface area contributed by atoms with Gasteiger partial charge < -0.3 is 20.5 Å². The molecule has 1 amide bonds. The fourth-order valence-electron chi connectivity index (χ4n) is 5.34. The summed E-state index contributed by atoms with van der Waals surface area (Å²) in [5, 5.41) is 22.2. The predicted octanol–water partition coefficient (Wildman–Crippen LogP) is 5.00. The zero-order valence-corrected chi connectivity index (χ0v) is 26.2. The molecule has 0 saturated heterocycles. The van der Waals surface area contributed by atoms with E-state index in [-0.39, 0.29) is 34.3 Å². The Morgan fingerprint density at radius 3 is 2.48 bits per heavy atom. The second-order valence-electron chi connectivity index (χ2n) is 11.0. The van der Waals surface area contributed by atoms with Gasteiger partial charge in [-0.3, -0.25) is 14.5 Å². The van der Waals surface area contributed by atoms with E-state index >= 15 is 0 Å². The van der Waals surface area contributed by atoms with E-state index in [9.17, 15) is 19.6 Å². The Morgan fingerprint density at radius 1 is 1.14 bits per heavy atom. The van der Waals surface area contributed by atoms with Gasteiger partial charge in [0.05, 0.1) is 43.1 Å². The Morgan fingerprint density at radius 2 is 1.84 bits per heavy atom. The number of methoxy groups -OCH3 is 2. The van der Waals surface area contributed by atoms with E-state index in [0.29, 0.717) is 56.1 Å². The van der Waals surface area contributed by atoms with Gasteiger partial charge in [-0.15, -0.1) is 10.2 Å². The van der Waals surface area contributed by atoms with E-state index in [4.69, 9.17) is 15.2 Å². The van der Waals surface area contributed by atoms with Crippen LogP contribution in [-0.4, -0.2) is 47.8 Å². The van der Waals surface area contributed by atoms with Crippen LogP contribution in [0.4, 0.5) is 10.8 Å². The highest BCUT2D eigenvalue weighted by atomic mass is 32.2. The molecule has 44 heavy (non-hydrogen) atoms. The van der Waals surface area contributed by atoms with E-state index in [2.05, 4.69) is 21.6 Å². The van der Waals surface area contributed by atoms with Crippen LogP contribution in [0.5, 0.6) is 5.75 Å². The minimum atomic E-state index is -0.704. The van der Waals surface area contributed by atoms with Crippen molar-refractivity contribution in [3.8, 4) is 11.8 Å². The van der Waals surface area contributed by atoms with Gasteiger partial charge in [-0.25, -0.2) is 4.79 Å². The Labute approximate surface area is 262 Å². The number of thioether (sulfide) groups is 1. The molecular weight excluding hydrogens is 601 g/mol. The zero-order chi connectivity index (χ0) is 31.6. The molecule has 0 bridgehead atoms. The van der Waals surface area contributed by atoms with Gasteiger partial charge >= 0.3 is 5.97 Å². The van der Waals surface area contributed by atoms with E-state index in [1.165, 1.54) is 30.2 Å². The van der Waals surface area contributed by atoms with Gasteiger partial charge in [0, 0.05) is 23.4 Å². The molecule has 1 unspecified atom stereocenters. The molecule has 1 aliphatic carbocycles. The standard InChI is InChI=1S/C31H30N6O5S2/c1-31(2)13-22-26(23(38)14-31)25(17-5-7-18(8-6-17)28(40)42-4)21(15-32)27(33)37(22)29-35-36-30(44-29)43-16-24(39)34-19-9-11-20(41-3)12-10-19/h5-12,25H,13-14,16,33H2,1-4H3,(H,34,39). The Hall–Kier alpha value is -4.67. The summed E-state index contributed by atoms with van der Waals surface area (Å²) in [5.41, 5.74) is 9.33. The van der Waals surface area contributed by atoms with Crippen molar-refractivity contribution in [1.82, 2.24) is 10.2 Å². The number of aromatic nitrogens is 2. The summed E-state index contributed by atoms with van der Waals surface area (Å²) < 4.78 is 10.5. The lowest BCUT2D eigenvalue weighted by atomic mass is 9.68. The first kappa shape index (κ1) is 30.8. The normalized spacial score (nSPS) is 17.6. The van der Waals surface area contributed by atoms with Crippen LogP contribution >= 0.6 is 23.1 Å². The molecule has 2 aromatic carbocycles. The lowest BCUT2D eigenvalue weighted by Crippen LogP contribution is -2.42. The minimum Gasteiger partial charge on any atom is -0.497 e. The van der Waals surface area contributed by atoms with E-state index in [1.807, 2.05) is 13.8 Å². The first-order valence-electron chi connectivity index (χ1n) is 13.6. The number of allylic oxidation sites excluding steroid dienone is 3. The van der Waals surface area contributed by atoms with Gasteiger partial charge in [0.2, 0.25) is 11.0 Å². The van der Waals surface area contributed by atoms with Crippen LogP contribution < -0.4 is 20.7 Å². The molecule has 1 atom stereocenters. The number of esters is 1. The molecule has 0 spiro atoms. The van der Waals surface area contributed by atoms with Crippen molar-refractivity contribution in [3.05, 3.63) is 82.3 Å². The lowest BCUT2D eigenvalue weighted by molar-refractivity contribution is -0.118. The monoisotopic (exact) mass is 630 g/mol.